The van der Waals surface area contributed by atoms with Gasteiger partial charge in [-0.1, -0.05) is 18.2 Å². The van der Waals surface area contributed by atoms with Gasteiger partial charge in [-0.3, -0.25) is 9.69 Å². The van der Waals surface area contributed by atoms with Crippen LogP contribution in [0.4, 0.5) is 4.79 Å². The van der Waals surface area contributed by atoms with Gasteiger partial charge in [-0.05, 0) is 53.6 Å². The molecule has 9 heteroatoms. The lowest BCUT2D eigenvalue weighted by atomic mass is 9.90. The molecule has 2 aromatic heterocycles. The number of rotatable bonds is 5. The molecule has 1 aliphatic rings. The van der Waals surface area contributed by atoms with Gasteiger partial charge in [0.1, 0.15) is 17.8 Å². The lowest BCUT2D eigenvalue weighted by molar-refractivity contribution is -0.131. The fraction of sp³-hybridized carbons (Fsp3) is 0.182. The summed E-state index contributed by atoms with van der Waals surface area (Å²) in [5.41, 5.74) is -0.539. The molecule has 156 valence electrons. The second kappa shape index (κ2) is 6.98. The van der Waals surface area contributed by atoms with Crippen molar-refractivity contribution in [3.8, 4) is 17.4 Å². The number of hydrogen-bond donors (Lipinski definition) is 1. The molecular weight excluding hydrogens is 400 g/mol. The van der Waals surface area contributed by atoms with Crippen LogP contribution in [0.25, 0.3) is 22.4 Å². The van der Waals surface area contributed by atoms with E-state index in [0.29, 0.717) is 11.3 Å². The molecule has 1 N–H and O–H groups in total. The van der Waals surface area contributed by atoms with Crippen LogP contribution in [0.1, 0.15) is 18.4 Å². The molecule has 31 heavy (non-hydrogen) atoms. The molecule has 4 aromatic rings. The van der Waals surface area contributed by atoms with Crippen molar-refractivity contribution in [2.45, 2.75) is 19.0 Å². The van der Waals surface area contributed by atoms with Gasteiger partial charge in [0.15, 0.2) is 5.76 Å². The van der Waals surface area contributed by atoms with Crippen molar-refractivity contribution in [1.29, 1.82) is 0 Å². The molecule has 1 unspecified atom stereocenters. The largest absolute Gasteiger partial charge is 0.497 e. The minimum atomic E-state index is -1.21. The molecule has 1 saturated heterocycles. The Morgan fingerprint density at radius 2 is 1.90 bits per heavy atom. The van der Waals surface area contributed by atoms with E-state index in [-0.39, 0.29) is 18.3 Å². The predicted octanol–water partition coefficient (Wildman–Crippen LogP) is 3.46. The molecule has 1 fully saturated rings. The predicted molar refractivity (Wildman–Crippen MR) is 109 cm³/mol. The summed E-state index contributed by atoms with van der Waals surface area (Å²) in [5.74, 6) is 1.07. The number of imide groups is 1. The zero-order valence-corrected chi connectivity index (χ0v) is 16.8. The van der Waals surface area contributed by atoms with Gasteiger partial charge in [-0.15, -0.1) is 10.2 Å². The smallest absolute Gasteiger partial charge is 0.325 e. The van der Waals surface area contributed by atoms with Gasteiger partial charge >= 0.3 is 6.03 Å². The highest BCUT2D eigenvalue weighted by atomic mass is 16.5. The van der Waals surface area contributed by atoms with E-state index in [0.717, 1.165) is 21.4 Å². The molecule has 5 rings (SSSR count). The van der Waals surface area contributed by atoms with Crippen LogP contribution in [0.2, 0.25) is 0 Å². The second-order valence-corrected chi connectivity index (χ2v) is 7.35. The first-order valence-electron chi connectivity index (χ1n) is 9.56. The Morgan fingerprint density at radius 3 is 2.68 bits per heavy atom. The topological polar surface area (TPSA) is 111 Å². The maximum Gasteiger partial charge on any atom is 0.325 e. The molecule has 1 atom stereocenters. The van der Waals surface area contributed by atoms with E-state index in [1.807, 2.05) is 36.4 Å². The summed E-state index contributed by atoms with van der Waals surface area (Å²) in [5, 5.41) is 12.5. The second-order valence-electron chi connectivity index (χ2n) is 7.35. The molecule has 0 spiro atoms. The Hall–Kier alpha value is -4.14. The molecule has 0 radical (unpaired) electrons. The Balaban J connectivity index is 1.42. The van der Waals surface area contributed by atoms with Crippen LogP contribution in [-0.2, 0) is 16.9 Å². The third kappa shape index (κ3) is 3.10. The molecule has 3 amide bonds. The van der Waals surface area contributed by atoms with Gasteiger partial charge in [-0.25, -0.2) is 4.79 Å². The van der Waals surface area contributed by atoms with Crippen molar-refractivity contribution >= 4 is 22.7 Å². The number of carbonyl (C=O) groups excluding carboxylic acids is 2. The van der Waals surface area contributed by atoms with Gasteiger partial charge in [0.05, 0.1) is 13.4 Å². The lowest BCUT2D eigenvalue weighted by Crippen LogP contribution is -2.40. The number of benzene rings is 2. The van der Waals surface area contributed by atoms with Gasteiger partial charge in [0, 0.05) is 0 Å². The normalized spacial score (nSPS) is 18.6. The van der Waals surface area contributed by atoms with Crippen LogP contribution < -0.4 is 10.1 Å². The minimum absolute atomic E-state index is 0.129. The van der Waals surface area contributed by atoms with E-state index >= 15 is 0 Å². The fourth-order valence-corrected chi connectivity index (χ4v) is 3.65. The standard InChI is InChI=1S/C22H18N4O5/c1-22(15-7-5-14-11-16(29-2)8-6-13(14)10-15)20(27)26(21(28)23-22)12-18-24-25-19(31-18)17-4-3-9-30-17/h3-11H,12H2,1-2H3,(H,23,28). The molecule has 0 bridgehead atoms. The number of nitrogens with one attached hydrogen (secondary N) is 1. The molecule has 1 aliphatic heterocycles. The van der Waals surface area contributed by atoms with Crippen LogP contribution >= 0.6 is 0 Å². The highest BCUT2D eigenvalue weighted by molar-refractivity contribution is 6.07. The number of aromatic nitrogens is 2. The SMILES string of the molecule is COc1ccc2cc(C3(C)NC(=O)N(Cc4nnc(-c5ccco5)o4)C3=O)ccc2c1. The summed E-state index contributed by atoms with van der Waals surface area (Å²) in [6.07, 6.45) is 1.49. The highest BCUT2D eigenvalue weighted by Crippen LogP contribution is 2.32. The number of hydrogen-bond acceptors (Lipinski definition) is 7. The van der Waals surface area contributed by atoms with E-state index in [2.05, 4.69) is 15.5 Å². The summed E-state index contributed by atoms with van der Waals surface area (Å²) in [7, 11) is 1.61. The lowest BCUT2D eigenvalue weighted by Gasteiger charge is -2.22. The zero-order chi connectivity index (χ0) is 21.6. The number of carbonyl (C=O) groups is 2. The molecule has 0 aliphatic carbocycles. The number of methoxy groups -OCH3 is 1. The monoisotopic (exact) mass is 418 g/mol. The van der Waals surface area contributed by atoms with Gasteiger partial charge in [0.25, 0.3) is 11.8 Å². The van der Waals surface area contributed by atoms with Crippen LogP contribution in [0.15, 0.2) is 63.6 Å². The van der Waals surface area contributed by atoms with E-state index in [9.17, 15) is 9.59 Å². The van der Waals surface area contributed by atoms with Crippen LogP contribution in [0.5, 0.6) is 5.75 Å². The van der Waals surface area contributed by atoms with Crippen molar-refractivity contribution in [1.82, 2.24) is 20.4 Å². The molecule has 9 nitrogen and oxygen atoms in total. The summed E-state index contributed by atoms with van der Waals surface area (Å²) in [6, 6.07) is 14.1. The number of urea groups is 1. The Morgan fingerprint density at radius 1 is 1.10 bits per heavy atom. The Labute approximate surface area is 176 Å². The number of fused-ring (bicyclic) bond motifs is 1. The molecule has 0 saturated carbocycles. The highest BCUT2D eigenvalue weighted by Gasteiger charge is 2.49. The fourth-order valence-electron chi connectivity index (χ4n) is 3.65. The van der Waals surface area contributed by atoms with Crippen LogP contribution in [0, 0.1) is 0 Å². The van der Waals surface area contributed by atoms with Crippen molar-refractivity contribution in [2.75, 3.05) is 7.11 Å². The number of amides is 3. The van der Waals surface area contributed by atoms with Gasteiger partial charge in [-0.2, -0.15) is 0 Å². The Kier molecular flexibility index (Phi) is 4.25. The molecular formula is C22H18N4O5. The first-order chi connectivity index (χ1) is 15.0. The van der Waals surface area contributed by atoms with Crippen molar-refractivity contribution in [3.63, 3.8) is 0 Å². The quantitative estimate of drug-likeness (QED) is 0.494. The van der Waals surface area contributed by atoms with E-state index in [1.165, 1.54) is 6.26 Å². The van der Waals surface area contributed by atoms with Crippen LogP contribution in [-0.4, -0.2) is 34.1 Å². The summed E-state index contributed by atoms with van der Waals surface area (Å²) in [4.78, 5) is 26.9. The van der Waals surface area contributed by atoms with Crippen molar-refractivity contribution in [3.05, 3.63) is 66.2 Å². The summed E-state index contributed by atoms with van der Waals surface area (Å²) in [6.45, 7) is 1.54. The summed E-state index contributed by atoms with van der Waals surface area (Å²) < 4.78 is 16.0. The van der Waals surface area contributed by atoms with Gasteiger partial charge < -0.3 is 18.9 Å². The number of furan rings is 1. The summed E-state index contributed by atoms with van der Waals surface area (Å²) >= 11 is 0. The van der Waals surface area contributed by atoms with Crippen molar-refractivity contribution in [2.24, 2.45) is 0 Å². The van der Waals surface area contributed by atoms with Crippen molar-refractivity contribution < 1.29 is 23.2 Å². The van der Waals surface area contributed by atoms with Gasteiger partial charge in [0.2, 0.25) is 5.89 Å². The first kappa shape index (κ1) is 18.9. The van der Waals surface area contributed by atoms with Crippen LogP contribution in [0.3, 0.4) is 0 Å². The Bertz CT molecular complexity index is 1300. The first-order valence-corrected chi connectivity index (χ1v) is 9.56. The average molecular weight is 418 g/mol. The minimum Gasteiger partial charge on any atom is -0.497 e. The average Bonchev–Trinajstić information content (AvgIpc) is 3.51. The third-order valence-corrected chi connectivity index (χ3v) is 5.39. The van der Waals surface area contributed by atoms with E-state index < -0.39 is 17.5 Å². The number of ether oxygens (including phenoxy) is 1. The maximum absolute atomic E-state index is 13.2. The molecule has 3 heterocycles. The molecule has 2 aromatic carbocycles. The zero-order valence-electron chi connectivity index (χ0n) is 16.8. The van der Waals surface area contributed by atoms with E-state index in [1.54, 1.807) is 26.2 Å². The van der Waals surface area contributed by atoms with E-state index in [4.69, 9.17) is 13.6 Å². The number of nitrogens with zero attached hydrogens (tertiary/aromatic N) is 3. The third-order valence-electron chi connectivity index (χ3n) is 5.39. The maximum atomic E-state index is 13.2.